The molecule has 0 aromatic heterocycles. The minimum atomic E-state index is -0.842. The molecule has 2 rings (SSSR count). The van der Waals surface area contributed by atoms with Crippen molar-refractivity contribution >= 4 is 17.6 Å². The third-order valence-electron chi connectivity index (χ3n) is 3.34. The van der Waals surface area contributed by atoms with Crippen molar-refractivity contribution in [2.45, 2.75) is 32.4 Å². The zero-order valence-corrected chi connectivity index (χ0v) is 10.2. The second-order valence-electron chi connectivity index (χ2n) is 4.59. The predicted molar refractivity (Wildman–Crippen MR) is 67.1 cm³/mol. The van der Waals surface area contributed by atoms with Gasteiger partial charge < -0.3 is 15.7 Å². The number of nitrogens with zero attached hydrogens (tertiary/aromatic N) is 1. The van der Waals surface area contributed by atoms with E-state index in [-0.39, 0.29) is 18.4 Å². The normalized spacial score (nSPS) is 15.6. The molecule has 0 radical (unpaired) electrons. The Labute approximate surface area is 105 Å². The highest BCUT2D eigenvalue weighted by Crippen LogP contribution is 2.29. The van der Waals surface area contributed by atoms with E-state index in [9.17, 15) is 9.59 Å². The summed E-state index contributed by atoms with van der Waals surface area (Å²) in [6.07, 6.45) is 0.520. The Morgan fingerprint density at radius 1 is 1.56 bits per heavy atom. The first-order valence-corrected chi connectivity index (χ1v) is 5.91. The number of aliphatic carboxylic acids is 1. The van der Waals surface area contributed by atoms with Crippen LogP contribution < -0.4 is 5.73 Å². The van der Waals surface area contributed by atoms with E-state index in [0.29, 0.717) is 24.2 Å². The molecule has 0 bridgehead atoms. The molecule has 1 heterocycles. The van der Waals surface area contributed by atoms with Crippen LogP contribution in [0.3, 0.4) is 0 Å². The predicted octanol–water partition coefficient (Wildman–Crippen LogP) is 1.48. The summed E-state index contributed by atoms with van der Waals surface area (Å²) in [5.41, 5.74) is 7.95. The van der Waals surface area contributed by atoms with Gasteiger partial charge in [-0.05, 0) is 25.5 Å². The van der Waals surface area contributed by atoms with Crippen LogP contribution in [0, 0.1) is 0 Å². The number of carbonyl (C=O) groups excluding carboxylic acids is 1. The van der Waals surface area contributed by atoms with Gasteiger partial charge in [0.2, 0.25) is 0 Å². The molecular formula is C13H16N2O3. The van der Waals surface area contributed by atoms with E-state index >= 15 is 0 Å². The Balaban J connectivity index is 2.13. The molecule has 0 saturated carbocycles. The molecule has 0 fully saturated rings. The SMILES string of the molecule is CC(CCC(=O)O)N1Cc2c(N)cccc2C1=O. The first kappa shape index (κ1) is 12.4. The van der Waals surface area contributed by atoms with Crippen LogP contribution in [0.25, 0.3) is 0 Å². The van der Waals surface area contributed by atoms with E-state index in [4.69, 9.17) is 10.8 Å². The fourth-order valence-corrected chi connectivity index (χ4v) is 2.22. The van der Waals surface area contributed by atoms with Crippen molar-refractivity contribution in [2.24, 2.45) is 0 Å². The van der Waals surface area contributed by atoms with Gasteiger partial charge in [-0.2, -0.15) is 0 Å². The number of benzene rings is 1. The van der Waals surface area contributed by atoms with Gasteiger partial charge in [-0.15, -0.1) is 0 Å². The first-order chi connectivity index (χ1) is 8.50. The summed E-state index contributed by atoms with van der Waals surface area (Å²) >= 11 is 0. The highest BCUT2D eigenvalue weighted by molar-refractivity contribution is 6.00. The van der Waals surface area contributed by atoms with Crippen LogP contribution >= 0.6 is 0 Å². The molecule has 5 heteroatoms. The molecule has 5 nitrogen and oxygen atoms in total. The summed E-state index contributed by atoms with van der Waals surface area (Å²) in [5.74, 6) is -0.902. The van der Waals surface area contributed by atoms with Crippen LogP contribution in [0.1, 0.15) is 35.7 Å². The van der Waals surface area contributed by atoms with E-state index in [1.54, 1.807) is 23.1 Å². The molecule has 3 N–H and O–H groups in total. The lowest BCUT2D eigenvalue weighted by molar-refractivity contribution is -0.137. The van der Waals surface area contributed by atoms with E-state index < -0.39 is 5.97 Å². The standard InChI is InChI=1S/C13H16N2O3/c1-8(5-6-12(16)17)15-7-10-9(13(15)18)3-2-4-11(10)14/h2-4,8H,5-7,14H2,1H3,(H,16,17). The summed E-state index contributed by atoms with van der Waals surface area (Å²) in [6, 6.07) is 5.20. The van der Waals surface area contributed by atoms with E-state index in [1.807, 2.05) is 6.92 Å². The number of carbonyl (C=O) groups is 2. The van der Waals surface area contributed by atoms with Crippen molar-refractivity contribution in [1.29, 1.82) is 0 Å². The average molecular weight is 248 g/mol. The minimum Gasteiger partial charge on any atom is -0.481 e. The second-order valence-corrected chi connectivity index (χ2v) is 4.59. The van der Waals surface area contributed by atoms with Crippen LogP contribution in [0.2, 0.25) is 0 Å². The number of fused-ring (bicyclic) bond motifs is 1. The van der Waals surface area contributed by atoms with Crippen molar-refractivity contribution in [1.82, 2.24) is 4.90 Å². The molecule has 0 saturated heterocycles. The lowest BCUT2D eigenvalue weighted by Crippen LogP contribution is -2.33. The van der Waals surface area contributed by atoms with Crippen molar-refractivity contribution < 1.29 is 14.7 Å². The number of carboxylic acids is 1. The van der Waals surface area contributed by atoms with E-state index in [2.05, 4.69) is 0 Å². The van der Waals surface area contributed by atoms with Crippen molar-refractivity contribution in [3.05, 3.63) is 29.3 Å². The molecule has 96 valence electrons. The van der Waals surface area contributed by atoms with Gasteiger partial charge in [-0.1, -0.05) is 6.07 Å². The zero-order chi connectivity index (χ0) is 13.3. The van der Waals surface area contributed by atoms with Crippen LogP contribution in [0.5, 0.6) is 0 Å². The minimum absolute atomic E-state index is 0.0600. The first-order valence-electron chi connectivity index (χ1n) is 5.91. The summed E-state index contributed by atoms with van der Waals surface area (Å²) in [4.78, 5) is 24.4. The van der Waals surface area contributed by atoms with Gasteiger partial charge in [0.15, 0.2) is 0 Å². The molecule has 0 aliphatic carbocycles. The van der Waals surface area contributed by atoms with Crippen LogP contribution in [0.4, 0.5) is 5.69 Å². The summed E-state index contributed by atoms with van der Waals surface area (Å²) in [7, 11) is 0. The molecule has 1 aliphatic heterocycles. The molecule has 1 aliphatic rings. The smallest absolute Gasteiger partial charge is 0.303 e. The van der Waals surface area contributed by atoms with Crippen molar-refractivity contribution in [3.8, 4) is 0 Å². The highest BCUT2D eigenvalue weighted by atomic mass is 16.4. The molecule has 1 aromatic rings. The fraction of sp³-hybridized carbons (Fsp3) is 0.385. The number of hydrogen-bond acceptors (Lipinski definition) is 3. The van der Waals surface area contributed by atoms with Gasteiger partial charge >= 0.3 is 5.97 Å². The molecule has 1 aromatic carbocycles. The van der Waals surface area contributed by atoms with Crippen molar-refractivity contribution in [3.63, 3.8) is 0 Å². The zero-order valence-electron chi connectivity index (χ0n) is 10.2. The number of anilines is 1. The summed E-state index contributed by atoms with van der Waals surface area (Å²) < 4.78 is 0. The van der Waals surface area contributed by atoms with Gasteiger partial charge in [-0.25, -0.2) is 0 Å². The number of rotatable bonds is 4. The maximum Gasteiger partial charge on any atom is 0.303 e. The topological polar surface area (TPSA) is 83.6 Å². The highest BCUT2D eigenvalue weighted by Gasteiger charge is 2.31. The third kappa shape index (κ3) is 2.16. The molecule has 18 heavy (non-hydrogen) atoms. The quantitative estimate of drug-likeness (QED) is 0.790. The lowest BCUT2D eigenvalue weighted by atomic mass is 10.1. The third-order valence-corrected chi connectivity index (χ3v) is 3.34. The number of hydrogen-bond donors (Lipinski definition) is 2. The molecular weight excluding hydrogens is 232 g/mol. The molecule has 1 atom stereocenters. The van der Waals surface area contributed by atoms with Gasteiger partial charge in [0.25, 0.3) is 5.91 Å². The Morgan fingerprint density at radius 2 is 2.28 bits per heavy atom. The van der Waals surface area contributed by atoms with Crippen LogP contribution in [-0.4, -0.2) is 27.9 Å². The number of carboxylic acid groups (broad SMARTS) is 1. The van der Waals surface area contributed by atoms with Crippen molar-refractivity contribution in [2.75, 3.05) is 5.73 Å². The number of amides is 1. The van der Waals surface area contributed by atoms with Gasteiger partial charge in [-0.3, -0.25) is 9.59 Å². The molecule has 1 unspecified atom stereocenters. The van der Waals surface area contributed by atoms with Gasteiger partial charge in [0.05, 0.1) is 0 Å². The van der Waals surface area contributed by atoms with Crippen LogP contribution in [-0.2, 0) is 11.3 Å². The Hall–Kier alpha value is -2.04. The van der Waals surface area contributed by atoms with Crippen LogP contribution in [0.15, 0.2) is 18.2 Å². The maximum absolute atomic E-state index is 12.2. The second kappa shape index (κ2) is 4.68. The van der Waals surface area contributed by atoms with Gasteiger partial charge in [0.1, 0.15) is 0 Å². The van der Waals surface area contributed by atoms with Gasteiger partial charge in [0, 0.05) is 35.8 Å². The lowest BCUT2D eigenvalue weighted by Gasteiger charge is -2.23. The Morgan fingerprint density at radius 3 is 2.89 bits per heavy atom. The van der Waals surface area contributed by atoms with E-state index in [0.717, 1.165) is 5.56 Å². The largest absolute Gasteiger partial charge is 0.481 e. The van der Waals surface area contributed by atoms with E-state index in [1.165, 1.54) is 0 Å². The number of nitrogen functional groups attached to an aromatic ring is 1. The maximum atomic E-state index is 12.2. The Kier molecular flexibility index (Phi) is 3.23. The summed E-state index contributed by atoms with van der Waals surface area (Å²) in [5, 5.41) is 8.67. The molecule has 0 spiro atoms. The fourth-order valence-electron chi connectivity index (χ4n) is 2.22. The number of nitrogens with two attached hydrogens (primary N) is 1. The summed E-state index contributed by atoms with van der Waals surface area (Å²) in [6.45, 7) is 2.34. The average Bonchev–Trinajstić information content (AvgIpc) is 2.66. The monoisotopic (exact) mass is 248 g/mol. The Bertz CT molecular complexity index is 499. The molecule has 1 amide bonds.